The molecule has 0 saturated carbocycles. The summed E-state index contributed by atoms with van der Waals surface area (Å²) in [4.78, 5) is 22.0. The van der Waals surface area contributed by atoms with Gasteiger partial charge in [0.15, 0.2) is 5.13 Å². The number of fused-ring (bicyclic) bond motifs is 1. The van der Waals surface area contributed by atoms with Gasteiger partial charge in [0.25, 0.3) is 5.91 Å². The zero-order valence-electron chi connectivity index (χ0n) is 18.7. The molecule has 6 nitrogen and oxygen atoms in total. The van der Waals surface area contributed by atoms with Gasteiger partial charge in [0.2, 0.25) is 0 Å². The number of thiazole rings is 1. The van der Waals surface area contributed by atoms with E-state index in [1.807, 2.05) is 65.6 Å². The van der Waals surface area contributed by atoms with Crippen molar-refractivity contribution < 1.29 is 14.3 Å². The molecule has 1 aromatic heterocycles. The average Bonchev–Trinajstić information content (AvgIpc) is 3.32. The van der Waals surface area contributed by atoms with Crippen LogP contribution in [-0.4, -0.2) is 49.1 Å². The minimum Gasteiger partial charge on any atom is -0.494 e. The van der Waals surface area contributed by atoms with Crippen molar-refractivity contribution >= 4 is 32.6 Å². The molecule has 1 fully saturated rings. The van der Waals surface area contributed by atoms with Gasteiger partial charge in [0.05, 0.1) is 11.8 Å². The van der Waals surface area contributed by atoms with Crippen LogP contribution in [0.4, 0.5) is 5.13 Å². The number of aromatic nitrogens is 1. The van der Waals surface area contributed by atoms with Gasteiger partial charge in [0, 0.05) is 31.7 Å². The summed E-state index contributed by atoms with van der Waals surface area (Å²) in [6.45, 7) is 4.92. The van der Waals surface area contributed by atoms with E-state index >= 15 is 0 Å². The zero-order valence-corrected chi connectivity index (χ0v) is 19.5. The zero-order chi connectivity index (χ0) is 22.8. The first-order valence-electron chi connectivity index (χ1n) is 10.9. The number of methoxy groups -OCH3 is 1. The van der Waals surface area contributed by atoms with Gasteiger partial charge >= 0.3 is 0 Å². The molecular weight excluding hydrogens is 434 g/mol. The maximum atomic E-state index is 13.0. The summed E-state index contributed by atoms with van der Waals surface area (Å²) >= 11 is 1.69. The molecule has 1 aliphatic heterocycles. The van der Waals surface area contributed by atoms with Gasteiger partial charge in [-0.05, 0) is 55.0 Å². The summed E-state index contributed by atoms with van der Waals surface area (Å²) < 4.78 is 12.5. The quantitative estimate of drug-likeness (QED) is 0.402. The summed E-state index contributed by atoms with van der Waals surface area (Å²) in [7, 11) is 1.67. The molecule has 0 spiro atoms. The lowest BCUT2D eigenvalue weighted by atomic mass is 10.1. The SMILES string of the molecule is COc1ccc(C)c2sc(N3CCN(C(=O)c4ccc(Oc5ccccc5)cc4)CC3)nc12. The Hall–Kier alpha value is -3.58. The Morgan fingerprint density at radius 2 is 1.61 bits per heavy atom. The number of ether oxygens (including phenoxy) is 2. The van der Waals surface area contributed by atoms with Crippen molar-refractivity contribution in [3.05, 3.63) is 77.9 Å². The molecule has 0 unspecified atom stereocenters. The molecule has 1 aliphatic rings. The monoisotopic (exact) mass is 459 g/mol. The van der Waals surface area contributed by atoms with Crippen molar-refractivity contribution in [2.24, 2.45) is 0 Å². The molecule has 168 valence electrons. The fraction of sp³-hybridized carbons (Fsp3) is 0.231. The first-order chi connectivity index (χ1) is 16.1. The van der Waals surface area contributed by atoms with Gasteiger partial charge in [-0.15, -0.1) is 0 Å². The van der Waals surface area contributed by atoms with Crippen LogP contribution in [0.3, 0.4) is 0 Å². The molecule has 1 amide bonds. The molecule has 4 aromatic rings. The van der Waals surface area contributed by atoms with Crippen LogP contribution in [0.15, 0.2) is 66.7 Å². The van der Waals surface area contributed by atoms with Crippen molar-refractivity contribution in [2.75, 3.05) is 38.2 Å². The Morgan fingerprint density at radius 3 is 2.30 bits per heavy atom. The van der Waals surface area contributed by atoms with Crippen molar-refractivity contribution in [1.29, 1.82) is 0 Å². The first kappa shape index (κ1) is 21.3. The van der Waals surface area contributed by atoms with E-state index in [0.717, 1.165) is 39.9 Å². The van der Waals surface area contributed by atoms with Crippen LogP contribution in [0.5, 0.6) is 17.2 Å². The Bertz CT molecular complexity index is 1260. The van der Waals surface area contributed by atoms with Crippen molar-refractivity contribution in [1.82, 2.24) is 9.88 Å². The number of carbonyl (C=O) groups is 1. The molecule has 0 N–H and O–H groups in total. The standard InChI is InChI=1S/C26H25N3O3S/c1-18-8-13-22(31-2)23-24(18)33-26(27-23)29-16-14-28(15-17-29)25(30)19-9-11-21(12-10-19)32-20-6-4-3-5-7-20/h3-13H,14-17H2,1-2H3. The number of para-hydroxylation sites is 1. The lowest BCUT2D eigenvalue weighted by Crippen LogP contribution is -2.48. The van der Waals surface area contributed by atoms with E-state index < -0.39 is 0 Å². The molecule has 33 heavy (non-hydrogen) atoms. The lowest BCUT2D eigenvalue weighted by Gasteiger charge is -2.34. The van der Waals surface area contributed by atoms with E-state index in [-0.39, 0.29) is 5.91 Å². The number of benzene rings is 3. The number of hydrogen-bond donors (Lipinski definition) is 0. The smallest absolute Gasteiger partial charge is 0.253 e. The predicted molar refractivity (Wildman–Crippen MR) is 132 cm³/mol. The number of anilines is 1. The van der Waals surface area contributed by atoms with Gasteiger partial charge < -0.3 is 19.3 Å². The van der Waals surface area contributed by atoms with Crippen LogP contribution < -0.4 is 14.4 Å². The third-order valence-electron chi connectivity index (χ3n) is 5.83. The minimum atomic E-state index is 0.0442. The molecule has 5 rings (SSSR count). The third kappa shape index (κ3) is 4.36. The van der Waals surface area contributed by atoms with Gasteiger partial charge in [-0.3, -0.25) is 4.79 Å². The number of nitrogens with zero attached hydrogens (tertiary/aromatic N) is 3. The molecule has 3 aromatic carbocycles. The van der Waals surface area contributed by atoms with Crippen molar-refractivity contribution in [3.63, 3.8) is 0 Å². The van der Waals surface area contributed by atoms with E-state index in [4.69, 9.17) is 14.5 Å². The highest BCUT2D eigenvalue weighted by Crippen LogP contribution is 2.36. The van der Waals surface area contributed by atoms with Gasteiger partial charge in [-0.2, -0.15) is 0 Å². The maximum absolute atomic E-state index is 13.0. The molecule has 0 radical (unpaired) electrons. The highest BCUT2D eigenvalue weighted by molar-refractivity contribution is 7.22. The number of aryl methyl sites for hydroxylation is 1. The van der Waals surface area contributed by atoms with Crippen LogP contribution in [0.2, 0.25) is 0 Å². The van der Waals surface area contributed by atoms with E-state index in [1.54, 1.807) is 18.4 Å². The van der Waals surface area contributed by atoms with Crippen LogP contribution in [0.25, 0.3) is 10.2 Å². The normalized spacial score (nSPS) is 13.9. The molecular formula is C26H25N3O3S. The maximum Gasteiger partial charge on any atom is 0.253 e. The average molecular weight is 460 g/mol. The van der Waals surface area contributed by atoms with E-state index in [2.05, 4.69) is 17.9 Å². The molecule has 0 aliphatic carbocycles. The van der Waals surface area contributed by atoms with Gasteiger partial charge in [-0.25, -0.2) is 4.98 Å². The van der Waals surface area contributed by atoms with Crippen LogP contribution >= 0.6 is 11.3 Å². The molecule has 0 atom stereocenters. The van der Waals surface area contributed by atoms with E-state index in [9.17, 15) is 4.79 Å². The molecule has 7 heteroatoms. The number of carbonyl (C=O) groups excluding carboxylic acids is 1. The van der Waals surface area contributed by atoms with E-state index in [0.29, 0.717) is 24.4 Å². The number of hydrogen-bond acceptors (Lipinski definition) is 6. The topological polar surface area (TPSA) is 54.9 Å². The third-order valence-corrected chi connectivity index (χ3v) is 7.08. The number of piperazine rings is 1. The predicted octanol–water partition coefficient (Wildman–Crippen LogP) is 5.37. The second kappa shape index (κ2) is 9.11. The number of rotatable bonds is 5. The highest BCUT2D eigenvalue weighted by Gasteiger charge is 2.24. The van der Waals surface area contributed by atoms with Crippen molar-refractivity contribution in [3.8, 4) is 17.2 Å². The largest absolute Gasteiger partial charge is 0.494 e. The summed E-state index contributed by atoms with van der Waals surface area (Å²) in [6.07, 6.45) is 0. The fourth-order valence-electron chi connectivity index (χ4n) is 3.97. The summed E-state index contributed by atoms with van der Waals surface area (Å²) in [5, 5.41) is 0.979. The fourth-order valence-corrected chi connectivity index (χ4v) is 5.08. The van der Waals surface area contributed by atoms with Crippen molar-refractivity contribution in [2.45, 2.75) is 6.92 Å². The minimum absolute atomic E-state index is 0.0442. The Labute approximate surface area is 197 Å². The first-order valence-corrected chi connectivity index (χ1v) is 11.8. The lowest BCUT2D eigenvalue weighted by molar-refractivity contribution is 0.0747. The number of amides is 1. The summed E-state index contributed by atoms with van der Waals surface area (Å²) in [5.74, 6) is 2.33. The Morgan fingerprint density at radius 1 is 0.909 bits per heavy atom. The second-order valence-corrected chi connectivity index (χ2v) is 8.96. The Balaban J connectivity index is 1.23. The highest BCUT2D eigenvalue weighted by atomic mass is 32.1. The molecule has 1 saturated heterocycles. The summed E-state index contributed by atoms with van der Waals surface area (Å²) in [6, 6.07) is 21.0. The van der Waals surface area contributed by atoms with E-state index in [1.165, 1.54) is 5.56 Å². The second-order valence-electron chi connectivity index (χ2n) is 7.98. The van der Waals surface area contributed by atoms with Crippen LogP contribution in [-0.2, 0) is 0 Å². The van der Waals surface area contributed by atoms with Crippen LogP contribution in [0, 0.1) is 6.92 Å². The van der Waals surface area contributed by atoms with Gasteiger partial charge in [0.1, 0.15) is 22.8 Å². The van der Waals surface area contributed by atoms with Gasteiger partial charge in [-0.1, -0.05) is 35.6 Å². The Kier molecular flexibility index (Phi) is 5.88. The molecule has 0 bridgehead atoms. The summed E-state index contributed by atoms with van der Waals surface area (Å²) in [5.41, 5.74) is 2.78. The van der Waals surface area contributed by atoms with Crippen LogP contribution in [0.1, 0.15) is 15.9 Å². The molecule has 2 heterocycles.